The fourth-order valence-electron chi connectivity index (χ4n) is 2.06. The Hall–Kier alpha value is -1.61. The number of hydrogen-bond acceptors (Lipinski definition) is 3. The molecule has 1 aromatic heterocycles. The number of benzene rings is 1. The molecule has 0 saturated heterocycles. The van der Waals surface area contributed by atoms with Gasteiger partial charge in [-0.05, 0) is 30.9 Å². The van der Waals surface area contributed by atoms with Crippen LogP contribution in [0.25, 0.3) is 0 Å². The van der Waals surface area contributed by atoms with Gasteiger partial charge in [-0.1, -0.05) is 42.8 Å². The molecule has 0 amide bonds. The maximum atomic E-state index is 6.06. The number of halogens is 1. The van der Waals surface area contributed by atoms with Gasteiger partial charge in [0.15, 0.2) is 0 Å². The van der Waals surface area contributed by atoms with Gasteiger partial charge in [-0.25, -0.2) is 9.97 Å². The summed E-state index contributed by atoms with van der Waals surface area (Å²) >= 11 is 6.06. The standard InChI is InChI=1S/C15H18ClN3/c1-3-13-14(16)18-10-19-15(13)17-9-8-12-7-5-4-6-11(12)2/h4-7,10H,3,8-9H2,1-2H3,(H,17,18,19). The third-order valence-corrected chi connectivity index (χ3v) is 3.52. The fourth-order valence-corrected chi connectivity index (χ4v) is 2.33. The number of hydrogen-bond donors (Lipinski definition) is 1. The van der Waals surface area contributed by atoms with Crippen molar-refractivity contribution in [1.82, 2.24) is 9.97 Å². The lowest BCUT2D eigenvalue weighted by Crippen LogP contribution is -2.09. The van der Waals surface area contributed by atoms with E-state index in [0.29, 0.717) is 5.15 Å². The molecule has 1 N–H and O–H groups in total. The minimum Gasteiger partial charge on any atom is -0.369 e. The predicted molar refractivity (Wildman–Crippen MR) is 79.8 cm³/mol. The Morgan fingerprint density at radius 3 is 2.74 bits per heavy atom. The van der Waals surface area contributed by atoms with Crippen LogP contribution in [0.15, 0.2) is 30.6 Å². The van der Waals surface area contributed by atoms with Crippen LogP contribution in [0, 0.1) is 6.92 Å². The number of nitrogens with zero attached hydrogens (tertiary/aromatic N) is 2. The molecule has 0 bridgehead atoms. The van der Waals surface area contributed by atoms with Gasteiger partial charge in [0, 0.05) is 12.1 Å². The molecule has 19 heavy (non-hydrogen) atoms. The summed E-state index contributed by atoms with van der Waals surface area (Å²) in [7, 11) is 0. The summed E-state index contributed by atoms with van der Waals surface area (Å²) in [6.45, 7) is 5.02. The van der Waals surface area contributed by atoms with E-state index in [-0.39, 0.29) is 0 Å². The molecule has 3 nitrogen and oxygen atoms in total. The maximum Gasteiger partial charge on any atom is 0.137 e. The van der Waals surface area contributed by atoms with Gasteiger partial charge in [0.05, 0.1) is 0 Å². The fraction of sp³-hybridized carbons (Fsp3) is 0.333. The lowest BCUT2D eigenvalue weighted by atomic mass is 10.1. The summed E-state index contributed by atoms with van der Waals surface area (Å²) in [5.74, 6) is 0.844. The molecule has 0 saturated carbocycles. The zero-order valence-corrected chi connectivity index (χ0v) is 12.0. The van der Waals surface area contributed by atoms with E-state index < -0.39 is 0 Å². The summed E-state index contributed by atoms with van der Waals surface area (Å²) in [6.07, 6.45) is 3.29. The molecular formula is C15H18ClN3. The minimum atomic E-state index is 0.538. The highest BCUT2D eigenvalue weighted by Crippen LogP contribution is 2.20. The second-order valence-electron chi connectivity index (χ2n) is 4.45. The number of rotatable bonds is 5. The summed E-state index contributed by atoms with van der Waals surface area (Å²) in [4.78, 5) is 8.26. The zero-order valence-electron chi connectivity index (χ0n) is 11.3. The normalized spacial score (nSPS) is 10.5. The summed E-state index contributed by atoms with van der Waals surface area (Å²) in [5.41, 5.74) is 3.66. The van der Waals surface area contributed by atoms with Crippen LogP contribution in [-0.2, 0) is 12.8 Å². The van der Waals surface area contributed by atoms with Crippen LogP contribution in [0.4, 0.5) is 5.82 Å². The number of anilines is 1. The lowest BCUT2D eigenvalue weighted by Gasteiger charge is -2.11. The molecule has 100 valence electrons. The molecule has 0 radical (unpaired) electrons. The molecule has 0 aliphatic carbocycles. The van der Waals surface area contributed by atoms with Crippen molar-refractivity contribution in [2.24, 2.45) is 0 Å². The van der Waals surface area contributed by atoms with Crippen molar-refractivity contribution in [2.75, 3.05) is 11.9 Å². The highest BCUT2D eigenvalue weighted by Gasteiger charge is 2.07. The number of nitrogens with one attached hydrogen (secondary N) is 1. The Bertz CT molecular complexity index is 555. The van der Waals surface area contributed by atoms with Gasteiger partial charge in [0.1, 0.15) is 17.3 Å². The zero-order chi connectivity index (χ0) is 13.7. The van der Waals surface area contributed by atoms with Gasteiger partial charge >= 0.3 is 0 Å². The molecule has 0 unspecified atom stereocenters. The SMILES string of the molecule is CCc1c(Cl)ncnc1NCCc1ccccc1C. The summed E-state index contributed by atoms with van der Waals surface area (Å²) in [5, 5.41) is 3.88. The molecule has 2 aromatic rings. The van der Waals surface area contributed by atoms with Gasteiger partial charge in [-0.15, -0.1) is 0 Å². The van der Waals surface area contributed by atoms with Gasteiger partial charge in [-0.3, -0.25) is 0 Å². The first-order chi connectivity index (χ1) is 9.22. The van der Waals surface area contributed by atoms with Crippen LogP contribution in [0.3, 0.4) is 0 Å². The van der Waals surface area contributed by atoms with Crippen molar-refractivity contribution < 1.29 is 0 Å². The third-order valence-electron chi connectivity index (χ3n) is 3.19. The Balaban J connectivity index is 2.00. The average molecular weight is 276 g/mol. The van der Waals surface area contributed by atoms with Crippen molar-refractivity contribution in [3.63, 3.8) is 0 Å². The second kappa shape index (κ2) is 6.53. The number of aromatic nitrogens is 2. The van der Waals surface area contributed by atoms with E-state index in [0.717, 1.165) is 30.8 Å². The van der Waals surface area contributed by atoms with Crippen molar-refractivity contribution in [3.05, 3.63) is 52.4 Å². The molecule has 0 aliphatic heterocycles. The van der Waals surface area contributed by atoms with Crippen LogP contribution in [-0.4, -0.2) is 16.5 Å². The van der Waals surface area contributed by atoms with Crippen LogP contribution in [0.5, 0.6) is 0 Å². The minimum absolute atomic E-state index is 0.538. The Kier molecular flexibility index (Phi) is 4.74. The van der Waals surface area contributed by atoms with Gasteiger partial charge in [0.2, 0.25) is 0 Å². The molecule has 0 aliphatic rings. The third kappa shape index (κ3) is 3.44. The Labute approximate surface area is 119 Å². The van der Waals surface area contributed by atoms with E-state index in [1.165, 1.54) is 17.5 Å². The molecule has 2 rings (SSSR count). The molecule has 0 fully saturated rings. The van der Waals surface area contributed by atoms with Crippen molar-refractivity contribution >= 4 is 17.4 Å². The van der Waals surface area contributed by atoms with E-state index in [9.17, 15) is 0 Å². The molecule has 0 atom stereocenters. The molecule has 4 heteroatoms. The Morgan fingerprint density at radius 1 is 1.21 bits per heavy atom. The predicted octanol–water partition coefficient (Wildman–Crippen LogP) is 3.66. The van der Waals surface area contributed by atoms with Crippen LogP contribution < -0.4 is 5.32 Å². The number of aryl methyl sites for hydroxylation is 1. The van der Waals surface area contributed by atoms with E-state index >= 15 is 0 Å². The van der Waals surface area contributed by atoms with Crippen molar-refractivity contribution in [1.29, 1.82) is 0 Å². The van der Waals surface area contributed by atoms with E-state index in [1.54, 1.807) is 0 Å². The smallest absolute Gasteiger partial charge is 0.137 e. The maximum absolute atomic E-state index is 6.06. The molecule has 0 spiro atoms. The van der Waals surface area contributed by atoms with Crippen LogP contribution >= 0.6 is 11.6 Å². The van der Waals surface area contributed by atoms with Crippen molar-refractivity contribution in [2.45, 2.75) is 26.7 Å². The largest absolute Gasteiger partial charge is 0.369 e. The van der Waals surface area contributed by atoms with Gasteiger partial charge < -0.3 is 5.32 Å². The van der Waals surface area contributed by atoms with Crippen LogP contribution in [0.2, 0.25) is 5.15 Å². The van der Waals surface area contributed by atoms with Crippen molar-refractivity contribution in [3.8, 4) is 0 Å². The van der Waals surface area contributed by atoms with Crippen LogP contribution in [0.1, 0.15) is 23.6 Å². The highest BCUT2D eigenvalue weighted by molar-refractivity contribution is 6.30. The molecule has 1 aromatic carbocycles. The van der Waals surface area contributed by atoms with E-state index in [2.05, 4.69) is 53.4 Å². The Morgan fingerprint density at radius 2 is 2.00 bits per heavy atom. The molecular weight excluding hydrogens is 258 g/mol. The summed E-state index contributed by atoms with van der Waals surface area (Å²) in [6, 6.07) is 8.42. The quantitative estimate of drug-likeness (QED) is 0.847. The topological polar surface area (TPSA) is 37.8 Å². The van der Waals surface area contributed by atoms with E-state index in [4.69, 9.17) is 11.6 Å². The molecule has 1 heterocycles. The van der Waals surface area contributed by atoms with Gasteiger partial charge in [-0.2, -0.15) is 0 Å². The monoisotopic (exact) mass is 275 g/mol. The second-order valence-corrected chi connectivity index (χ2v) is 4.81. The van der Waals surface area contributed by atoms with E-state index in [1.807, 2.05) is 0 Å². The first-order valence-electron chi connectivity index (χ1n) is 6.50. The van der Waals surface area contributed by atoms with Gasteiger partial charge in [0.25, 0.3) is 0 Å². The summed E-state index contributed by atoms with van der Waals surface area (Å²) < 4.78 is 0. The average Bonchev–Trinajstić information content (AvgIpc) is 2.41. The highest BCUT2D eigenvalue weighted by atomic mass is 35.5. The first-order valence-corrected chi connectivity index (χ1v) is 6.88. The lowest BCUT2D eigenvalue weighted by molar-refractivity contribution is 0.966. The first kappa shape index (κ1) is 13.8.